The summed E-state index contributed by atoms with van der Waals surface area (Å²) in [4.78, 5) is 2.28. The van der Waals surface area contributed by atoms with Crippen molar-refractivity contribution in [2.45, 2.75) is 25.9 Å². The van der Waals surface area contributed by atoms with Gasteiger partial charge in [0.05, 0.1) is 13.2 Å². The summed E-state index contributed by atoms with van der Waals surface area (Å²) in [5.41, 5.74) is 1.14. The van der Waals surface area contributed by atoms with Crippen molar-refractivity contribution < 1.29 is 9.13 Å². The quantitative estimate of drug-likeness (QED) is 0.829. The second-order valence-corrected chi connectivity index (χ2v) is 5.68. The van der Waals surface area contributed by atoms with E-state index in [-0.39, 0.29) is 5.82 Å². The lowest BCUT2D eigenvalue weighted by Gasteiger charge is -2.25. The average molecular weight is 280 g/mol. The molecule has 0 radical (unpaired) electrons. The molecule has 1 aliphatic heterocycles. The Bertz CT molecular complexity index is 396. The average Bonchev–Trinajstić information content (AvgIpc) is 2.86. The van der Waals surface area contributed by atoms with Gasteiger partial charge >= 0.3 is 0 Å². The van der Waals surface area contributed by atoms with Crippen molar-refractivity contribution in [3.8, 4) is 0 Å². The van der Waals surface area contributed by atoms with Gasteiger partial charge in [0, 0.05) is 25.0 Å². The minimum absolute atomic E-state index is 0.176. The van der Waals surface area contributed by atoms with Gasteiger partial charge in [0.15, 0.2) is 0 Å². The van der Waals surface area contributed by atoms with E-state index in [4.69, 9.17) is 4.74 Å². The van der Waals surface area contributed by atoms with Gasteiger partial charge in [0.1, 0.15) is 5.82 Å². The Morgan fingerprint density at radius 3 is 2.75 bits per heavy atom. The van der Waals surface area contributed by atoms with Gasteiger partial charge in [-0.3, -0.25) is 0 Å². The molecule has 0 bridgehead atoms. The number of ether oxygens (including phenoxy) is 1. The SMILES string of the molecule is CCCNC1COCC1CN(C)Cc1ccc(F)cc1. The van der Waals surface area contributed by atoms with Crippen LogP contribution in [0.2, 0.25) is 0 Å². The molecule has 1 fully saturated rings. The fourth-order valence-corrected chi connectivity index (χ4v) is 2.70. The van der Waals surface area contributed by atoms with Gasteiger partial charge in [0.2, 0.25) is 0 Å². The lowest BCUT2D eigenvalue weighted by Crippen LogP contribution is -2.40. The Morgan fingerprint density at radius 1 is 1.30 bits per heavy atom. The number of rotatable bonds is 7. The molecule has 0 spiro atoms. The first-order valence-electron chi connectivity index (χ1n) is 7.43. The van der Waals surface area contributed by atoms with Crippen LogP contribution in [0.4, 0.5) is 4.39 Å². The molecule has 0 saturated carbocycles. The molecule has 3 nitrogen and oxygen atoms in total. The van der Waals surface area contributed by atoms with Crippen molar-refractivity contribution in [1.82, 2.24) is 10.2 Å². The van der Waals surface area contributed by atoms with Gasteiger partial charge in [0.25, 0.3) is 0 Å². The summed E-state index contributed by atoms with van der Waals surface area (Å²) in [6, 6.07) is 7.21. The number of hydrogen-bond acceptors (Lipinski definition) is 3. The molecule has 0 amide bonds. The molecule has 1 aromatic carbocycles. The molecule has 2 unspecified atom stereocenters. The van der Waals surface area contributed by atoms with Crippen LogP contribution in [0.3, 0.4) is 0 Å². The largest absolute Gasteiger partial charge is 0.379 e. The fourth-order valence-electron chi connectivity index (χ4n) is 2.70. The molecule has 0 aliphatic carbocycles. The van der Waals surface area contributed by atoms with Crippen molar-refractivity contribution in [2.24, 2.45) is 5.92 Å². The highest BCUT2D eigenvalue weighted by Gasteiger charge is 2.28. The molecule has 2 rings (SSSR count). The van der Waals surface area contributed by atoms with E-state index in [2.05, 4.69) is 24.2 Å². The van der Waals surface area contributed by atoms with E-state index in [1.165, 1.54) is 12.1 Å². The Morgan fingerprint density at radius 2 is 2.05 bits per heavy atom. The standard InChI is InChI=1S/C16H25FN2O/c1-3-8-18-16-12-20-11-14(16)10-19(2)9-13-4-6-15(17)7-5-13/h4-7,14,16,18H,3,8-12H2,1-2H3. The van der Waals surface area contributed by atoms with Gasteiger partial charge in [-0.1, -0.05) is 19.1 Å². The second kappa shape index (κ2) is 7.72. The molecule has 4 heteroatoms. The number of nitrogens with one attached hydrogen (secondary N) is 1. The highest BCUT2D eigenvalue weighted by atomic mass is 19.1. The van der Waals surface area contributed by atoms with E-state index in [1.807, 2.05) is 12.1 Å². The minimum Gasteiger partial charge on any atom is -0.379 e. The Labute approximate surface area is 121 Å². The zero-order valence-electron chi connectivity index (χ0n) is 12.4. The maximum absolute atomic E-state index is 12.9. The van der Waals surface area contributed by atoms with Crippen molar-refractivity contribution in [2.75, 3.05) is 33.4 Å². The van der Waals surface area contributed by atoms with E-state index in [9.17, 15) is 4.39 Å². The van der Waals surface area contributed by atoms with Crippen molar-refractivity contribution in [1.29, 1.82) is 0 Å². The van der Waals surface area contributed by atoms with Crippen molar-refractivity contribution in [3.63, 3.8) is 0 Å². The summed E-state index contributed by atoms with van der Waals surface area (Å²) in [6.07, 6.45) is 1.15. The molecular weight excluding hydrogens is 255 g/mol. The number of benzene rings is 1. The van der Waals surface area contributed by atoms with Crippen molar-refractivity contribution in [3.05, 3.63) is 35.6 Å². The number of hydrogen-bond donors (Lipinski definition) is 1. The zero-order valence-corrected chi connectivity index (χ0v) is 12.4. The summed E-state index contributed by atoms with van der Waals surface area (Å²) in [6.45, 7) is 6.71. The van der Waals surface area contributed by atoms with Crippen LogP contribution in [-0.4, -0.2) is 44.3 Å². The molecule has 1 aliphatic rings. The van der Waals surface area contributed by atoms with E-state index >= 15 is 0 Å². The first kappa shape index (κ1) is 15.4. The summed E-state index contributed by atoms with van der Waals surface area (Å²) < 4.78 is 18.5. The molecular formula is C16H25FN2O. The van der Waals surface area contributed by atoms with Crippen LogP contribution in [0.5, 0.6) is 0 Å². The molecule has 1 heterocycles. The van der Waals surface area contributed by atoms with Crippen LogP contribution in [0.25, 0.3) is 0 Å². The second-order valence-electron chi connectivity index (χ2n) is 5.68. The van der Waals surface area contributed by atoms with Gasteiger partial charge in [-0.25, -0.2) is 4.39 Å². The lowest BCUT2D eigenvalue weighted by atomic mass is 10.0. The summed E-state index contributed by atoms with van der Waals surface area (Å²) in [7, 11) is 2.11. The molecule has 2 atom stereocenters. The Balaban J connectivity index is 1.81. The topological polar surface area (TPSA) is 24.5 Å². The zero-order chi connectivity index (χ0) is 14.4. The van der Waals surface area contributed by atoms with E-state index in [0.29, 0.717) is 12.0 Å². The number of halogens is 1. The minimum atomic E-state index is -0.176. The molecule has 112 valence electrons. The first-order chi connectivity index (χ1) is 9.69. The third-order valence-electron chi connectivity index (χ3n) is 3.77. The summed E-state index contributed by atoms with van der Waals surface area (Å²) in [5.74, 6) is 0.358. The van der Waals surface area contributed by atoms with E-state index in [1.54, 1.807) is 0 Å². The predicted octanol–water partition coefficient (Wildman–Crippen LogP) is 2.27. The van der Waals surface area contributed by atoms with Crippen LogP contribution in [0.15, 0.2) is 24.3 Å². The normalized spacial score (nSPS) is 22.6. The lowest BCUT2D eigenvalue weighted by molar-refractivity contribution is 0.172. The number of nitrogens with zero attached hydrogens (tertiary/aromatic N) is 1. The maximum atomic E-state index is 12.9. The van der Waals surface area contributed by atoms with Gasteiger partial charge in [-0.05, 0) is 37.7 Å². The molecule has 1 N–H and O–H groups in total. The smallest absolute Gasteiger partial charge is 0.123 e. The van der Waals surface area contributed by atoms with Crippen molar-refractivity contribution >= 4 is 0 Å². The molecule has 1 saturated heterocycles. The van der Waals surface area contributed by atoms with E-state index < -0.39 is 0 Å². The third-order valence-corrected chi connectivity index (χ3v) is 3.77. The van der Waals surface area contributed by atoms with Crippen LogP contribution in [0, 0.1) is 11.7 Å². The third kappa shape index (κ3) is 4.54. The molecule has 20 heavy (non-hydrogen) atoms. The summed E-state index contributed by atoms with van der Waals surface area (Å²) >= 11 is 0. The Kier molecular flexibility index (Phi) is 5.95. The fraction of sp³-hybridized carbons (Fsp3) is 0.625. The van der Waals surface area contributed by atoms with Gasteiger partial charge < -0.3 is 15.0 Å². The molecule has 0 aromatic heterocycles. The van der Waals surface area contributed by atoms with Crippen LogP contribution >= 0.6 is 0 Å². The maximum Gasteiger partial charge on any atom is 0.123 e. The monoisotopic (exact) mass is 280 g/mol. The first-order valence-corrected chi connectivity index (χ1v) is 7.43. The van der Waals surface area contributed by atoms with E-state index in [0.717, 1.165) is 44.8 Å². The van der Waals surface area contributed by atoms with Crippen LogP contribution < -0.4 is 5.32 Å². The highest BCUT2D eigenvalue weighted by Crippen LogP contribution is 2.16. The van der Waals surface area contributed by atoms with Crippen LogP contribution in [0.1, 0.15) is 18.9 Å². The van der Waals surface area contributed by atoms with Gasteiger partial charge in [-0.2, -0.15) is 0 Å². The molecule has 1 aromatic rings. The highest BCUT2D eigenvalue weighted by molar-refractivity contribution is 5.15. The van der Waals surface area contributed by atoms with Crippen LogP contribution in [-0.2, 0) is 11.3 Å². The predicted molar refractivity (Wildman–Crippen MR) is 79.1 cm³/mol. The van der Waals surface area contributed by atoms with Gasteiger partial charge in [-0.15, -0.1) is 0 Å². The summed E-state index contributed by atoms with van der Waals surface area (Å²) in [5, 5.41) is 3.56. The Hall–Kier alpha value is -0.970.